The highest BCUT2D eigenvalue weighted by atomic mass is 16.5. The zero-order valence-electron chi connectivity index (χ0n) is 11.3. The van der Waals surface area contributed by atoms with Crippen LogP contribution in [-0.4, -0.2) is 11.9 Å². The summed E-state index contributed by atoms with van der Waals surface area (Å²) >= 11 is 0. The average molecular weight is 246 g/mol. The molecular weight excluding hydrogens is 224 g/mol. The molecule has 98 valence electrons. The summed E-state index contributed by atoms with van der Waals surface area (Å²) < 4.78 is 6.13. The molecule has 0 N–H and O–H groups in total. The van der Waals surface area contributed by atoms with E-state index >= 15 is 0 Å². The minimum atomic E-state index is 0.0782. The van der Waals surface area contributed by atoms with E-state index in [2.05, 4.69) is 6.92 Å². The second-order valence-electron chi connectivity index (χ2n) is 5.16. The molecule has 0 bridgehead atoms. The molecule has 18 heavy (non-hydrogen) atoms. The van der Waals surface area contributed by atoms with Crippen molar-refractivity contribution >= 4 is 5.78 Å². The number of hydrogen-bond acceptors (Lipinski definition) is 2. The zero-order chi connectivity index (χ0) is 13.0. The van der Waals surface area contributed by atoms with Gasteiger partial charge in [-0.2, -0.15) is 0 Å². The molecule has 0 heterocycles. The minimum Gasteiger partial charge on any atom is -0.489 e. The van der Waals surface area contributed by atoms with Gasteiger partial charge in [-0.3, -0.25) is 4.79 Å². The zero-order valence-corrected chi connectivity index (χ0v) is 11.3. The van der Waals surface area contributed by atoms with Gasteiger partial charge in [-0.25, -0.2) is 0 Å². The van der Waals surface area contributed by atoms with Crippen LogP contribution in [0.3, 0.4) is 0 Å². The lowest BCUT2D eigenvalue weighted by Gasteiger charge is -2.31. The van der Waals surface area contributed by atoms with Gasteiger partial charge in [-0.15, -0.1) is 0 Å². The average Bonchev–Trinajstić information content (AvgIpc) is 2.40. The van der Waals surface area contributed by atoms with E-state index in [0.29, 0.717) is 11.5 Å². The van der Waals surface area contributed by atoms with Crippen molar-refractivity contribution in [2.24, 2.45) is 5.92 Å². The molecule has 0 saturated heterocycles. The number of carbonyl (C=O) groups is 1. The second kappa shape index (κ2) is 6.03. The number of ether oxygens (including phenoxy) is 1. The molecule has 1 saturated carbocycles. The third kappa shape index (κ3) is 2.92. The van der Waals surface area contributed by atoms with Crippen molar-refractivity contribution in [3.63, 3.8) is 0 Å². The monoisotopic (exact) mass is 246 g/mol. The van der Waals surface area contributed by atoms with Crippen LogP contribution in [0.5, 0.6) is 5.75 Å². The van der Waals surface area contributed by atoms with E-state index in [0.717, 1.165) is 18.6 Å². The van der Waals surface area contributed by atoms with Crippen molar-refractivity contribution in [1.82, 2.24) is 0 Å². The van der Waals surface area contributed by atoms with Crippen LogP contribution < -0.4 is 4.74 Å². The van der Waals surface area contributed by atoms with Crippen molar-refractivity contribution in [1.29, 1.82) is 0 Å². The van der Waals surface area contributed by atoms with E-state index in [1.54, 1.807) is 6.92 Å². The molecule has 2 unspecified atom stereocenters. The number of ketones is 1. The number of Topliss-reactive ketones (excluding diaryl/α,β-unsaturated/α-hetero) is 1. The predicted molar refractivity (Wildman–Crippen MR) is 73.1 cm³/mol. The Morgan fingerprint density at radius 1 is 1.28 bits per heavy atom. The van der Waals surface area contributed by atoms with Gasteiger partial charge in [0.1, 0.15) is 11.9 Å². The summed E-state index contributed by atoms with van der Waals surface area (Å²) in [5.41, 5.74) is 0.706. The first kappa shape index (κ1) is 13.1. The van der Waals surface area contributed by atoms with Gasteiger partial charge >= 0.3 is 0 Å². The van der Waals surface area contributed by atoms with Crippen molar-refractivity contribution in [3.05, 3.63) is 29.8 Å². The SMILES string of the molecule is CCC1CCCCC1Oc1ccccc1C(C)=O. The lowest BCUT2D eigenvalue weighted by atomic mass is 9.84. The van der Waals surface area contributed by atoms with Gasteiger partial charge in [-0.05, 0) is 50.7 Å². The van der Waals surface area contributed by atoms with Gasteiger partial charge in [0.2, 0.25) is 0 Å². The van der Waals surface area contributed by atoms with Gasteiger partial charge < -0.3 is 4.74 Å². The van der Waals surface area contributed by atoms with Gasteiger partial charge in [0, 0.05) is 0 Å². The van der Waals surface area contributed by atoms with Crippen LogP contribution in [-0.2, 0) is 0 Å². The fraction of sp³-hybridized carbons (Fsp3) is 0.562. The summed E-state index contributed by atoms with van der Waals surface area (Å²) in [7, 11) is 0. The summed E-state index contributed by atoms with van der Waals surface area (Å²) in [4.78, 5) is 11.6. The number of benzene rings is 1. The molecule has 2 atom stereocenters. The van der Waals surface area contributed by atoms with Gasteiger partial charge in [-0.1, -0.05) is 25.5 Å². The molecule has 0 spiro atoms. The Morgan fingerprint density at radius 3 is 2.72 bits per heavy atom. The Hall–Kier alpha value is -1.31. The predicted octanol–water partition coefficient (Wildman–Crippen LogP) is 4.24. The van der Waals surface area contributed by atoms with Gasteiger partial charge in [0.15, 0.2) is 5.78 Å². The Labute approximate surface area is 109 Å². The van der Waals surface area contributed by atoms with E-state index in [1.165, 1.54) is 19.3 Å². The molecule has 1 aromatic rings. The Kier molecular flexibility index (Phi) is 4.40. The first-order valence-electron chi connectivity index (χ1n) is 6.99. The molecular formula is C16H22O2. The third-order valence-corrected chi connectivity index (χ3v) is 3.91. The van der Waals surface area contributed by atoms with Gasteiger partial charge in [0.05, 0.1) is 5.56 Å². The van der Waals surface area contributed by atoms with Gasteiger partial charge in [0.25, 0.3) is 0 Å². The smallest absolute Gasteiger partial charge is 0.163 e. The summed E-state index contributed by atoms with van der Waals surface area (Å²) in [6.07, 6.45) is 6.36. The maximum absolute atomic E-state index is 11.6. The van der Waals surface area contributed by atoms with Crippen LogP contribution in [0.1, 0.15) is 56.3 Å². The molecule has 0 radical (unpaired) electrons. The second-order valence-corrected chi connectivity index (χ2v) is 5.16. The molecule has 1 fully saturated rings. The number of carbonyl (C=O) groups excluding carboxylic acids is 1. The molecule has 2 heteroatoms. The first-order chi connectivity index (χ1) is 8.72. The highest BCUT2D eigenvalue weighted by molar-refractivity contribution is 5.96. The third-order valence-electron chi connectivity index (χ3n) is 3.91. The first-order valence-corrected chi connectivity index (χ1v) is 6.99. The fourth-order valence-electron chi connectivity index (χ4n) is 2.82. The van der Waals surface area contributed by atoms with Crippen molar-refractivity contribution in [3.8, 4) is 5.75 Å². The summed E-state index contributed by atoms with van der Waals surface area (Å²) in [5, 5.41) is 0. The largest absolute Gasteiger partial charge is 0.489 e. The number of hydrogen-bond donors (Lipinski definition) is 0. The maximum Gasteiger partial charge on any atom is 0.163 e. The van der Waals surface area contributed by atoms with Crippen LogP contribution in [0.25, 0.3) is 0 Å². The van der Waals surface area contributed by atoms with Crippen LogP contribution in [0.4, 0.5) is 0 Å². The van der Waals surface area contributed by atoms with E-state index in [4.69, 9.17) is 4.74 Å². The van der Waals surface area contributed by atoms with E-state index < -0.39 is 0 Å². The molecule has 1 aromatic carbocycles. The normalized spacial score (nSPS) is 23.7. The van der Waals surface area contributed by atoms with E-state index in [1.807, 2.05) is 24.3 Å². The standard InChI is InChI=1S/C16H22O2/c1-3-13-8-4-6-10-15(13)18-16-11-7-5-9-14(16)12(2)17/h5,7,9,11,13,15H,3-4,6,8,10H2,1-2H3. The van der Waals surface area contributed by atoms with Crippen LogP contribution in [0.15, 0.2) is 24.3 Å². The van der Waals surface area contributed by atoms with E-state index in [9.17, 15) is 4.79 Å². The van der Waals surface area contributed by atoms with Crippen molar-refractivity contribution < 1.29 is 9.53 Å². The Bertz CT molecular complexity index is 411. The number of rotatable bonds is 4. The maximum atomic E-state index is 11.6. The molecule has 0 aliphatic heterocycles. The van der Waals surface area contributed by atoms with E-state index in [-0.39, 0.29) is 11.9 Å². The highest BCUT2D eigenvalue weighted by Gasteiger charge is 2.26. The molecule has 2 rings (SSSR count). The lowest BCUT2D eigenvalue weighted by Crippen LogP contribution is -2.30. The van der Waals surface area contributed by atoms with Crippen LogP contribution in [0, 0.1) is 5.92 Å². The quantitative estimate of drug-likeness (QED) is 0.743. The molecule has 1 aliphatic carbocycles. The van der Waals surface area contributed by atoms with Crippen molar-refractivity contribution in [2.75, 3.05) is 0 Å². The lowest BCUT2D eigenvalue weighted by molar-refractivity contribution is 0.0866. The fourth-order valence-corrected chi connectivity index (χ4v) is 2.82. The summed E-state index contributed by atoms with van der Waals surface area (Å²) in [5.74, 6) is 1.48. The van der Waals surface area contributed by atoms with Crippen LogP contribution >= 0.6 is 0 Å². The Balaban J connectivity index is 2.15. The molecule has 1 aliphatic rings. The minimum absolute atomic E-state index is 0.0782. The highest BCUT2D eigenvalue weighted by Crippen LogP contribution is 2.31. The summed E-state index contributed by atoms with van der Waals surface area (Å²) in [6, 6.07) is 7.59. The molecule has 0 aromatic heterocycles. The van der Waals surface area contributed by atoms with Crippen molar-refractivity contribution in [2.45, 2.75) is 52.1 Å². The Morgan fingerprint density at radius 2 is 2.00 bits per heavy atom. The van der Waals surface area contributed by atoms with Crippen LogP contribution in [0.2, 0.25) is 0 Å². The summed E-state index contributed by atoms with van der Waals surface area (Å²) in [6.45, 7) is 3.82. The topological polar surface area (TPSA) is 26.3 Å². The molecule has 2 nitrogen and oxygen atoms in total. The molecule has 0 amide bonds. The number of para-hydroxylation sites is 1.